The largest absolute Gasteiger partial charge is 0.368 e. The molecule has 0 radical (unpaired) electrons. The number of aromatic nitrogens is 3. The van der Waals surface area contributed by atoms with Gasteiger partial charge in [-0.1, -0.05) is 19.0 Å². The molecule has 0 saturated carbocycles. The number of carbonyl (C=O) groups is 1. The first kappa shape index (κ1) is 17.5. The number of hydrogen-bond donors (Lipinski definition) is 0. The Morgan fingerprint density at radius 1 is 1.28 bits per heavy atom. The summed E-state index contributed by atoms with van der Waals surface area (Å²) in [5.74, 6) is 1.34. The molecule has 1 saturated heterocycles. The summed E-state index contributed by atoms with van der Waals surface area (Å²) in [5, 5.41) is 4.06. The van der Waals surface area contributed by atoms with Gasteiger partial charge in [-0.3, -0.25) is 4.79 Å². The second-order valence-corrected chi connectivity index (χ2v) is 6.75. The van der Waals surface area contributed by atoms with Crippen LogP contribution in [-0.4, -0.2) is 45.6 Å². The Bertz CT molecular complexity index is 764. The predicted molar refractivity (Wildman–Crippen MR) is 91.4 cm³/mol. The number of nitrogens with zero attached hydrogens (tertiary/aromatic N) is 4. The molecule has 1 amide bonds. The fraction of sp³-hybridized carbons (Fsp3) is 0.556. The van der Waals surface area contributed by atoms with Crippen LogP contribution in [-0.2, 0) is 4.74 Å². The minimum absolute atomic E-state index is 0.0572. The minimum Gasteiger partial charge on any atom is -0.368 e. The molecule has 25 heavy (non-hydrogen) atoms. The maximum atomic E-state index is 13.1. The van der Waals surface area contributed by atoms with Gasteiger partial charge in [-0.15, -0.1) is 0 Å². The van der Waals surface area contributed by atoms with E-state index in [2.05, 4.69) is 15.1 Å². The molecule has 2 aromatic heterocycles. The number of carbonyl (C=O) groups excluding carboxylic acids is 1. The summed E-state index contributed by atoms with van der Waals surface area (Å²) in [6.07, 6.45) is -0.249. The van der Waals surface area contributed by atoms with Gasteiger partial charge in [0.25, 0.3) is 5.91 Å². The van der Waals surface area contributed by atoms with Crippen molar-refractivity contribution in [3.8, 4) is 0 Å². The number of hydrogen-bond acceptors (Lipinski definition) is 6. The van der Waals surface area contributed by atoms with Crippen molar-refractivity contribution in [3.63, 3.8) is 0 Å². The number of aryl methyl sites for hydroxylation is 3. The molecule has 0 unspecified atom stereocenters. The summed E-state index contributed by atoms with van der Waals surface area (Å²) in [7, 11) is 0. The summed E-state index contributed by atoms with van der Waals surface area (Å²) in [5.41, 5.74) is 2.99. The van der Waals surface area contributed by atoms with Crippen LogP contribution in [0.3, 0.4) is 0 Å². The topological polar surface area (TPSA) is 81.4 Å². The van der Waals surface area contributed by atoms with Crippen molar-refractivity contribution in [2.75, 3.05) is 19.7 Å². The highest BCUT2D eigenvalue weighted by atomic mass is 16.5. The molecule has 7 heteroatoms. The fourth-order valence-electron chi connectivity index (χ4n) is 3.12. The van der Waals surface area contributed by atoms with E-state index < -0.39 is 0 Å². The SMILES string of the molecule is Cc1cc([C@@H]2CN(C(=O)c3c(C(C)C)noc3C)CCO2)nc(C)n1. The zero-order chi connectivity index (χ0) is 18.1. The van der Waals surface area contributed by atoms with Gasteiger partial charge < -0.3 is 14.2 Å². The van der Waals surface area contributed by atoms with Crippen molar-refractivity contribution in [1.82, 2.24) is 20.0 Å². The standard InChI is InChI=1S/C18H24N4O3/c1-10(2)17-16(12(4)25-21-17)18(23)22-6-7-24-15(9-22)14-8-11(3)19-13(5)20-14/h8,10,15H,6-7,9H2,1-5H3/t15-/m0/s1. The van der Waals surface area contributed by atoms with Crippen molar-refractivity contribution in [3.05, 3.63) is 40.3 Å². The van der Waals surface area contributed by atoms with Crippen LogP contribution in [0.1, 0.15) is 64.9 Å². The van der Waals surface area contributed by atoms with Crippen molar-refractivity contribution >= 4 is 5.91 Å². The highest BCUT2D eigenvalue weighted by Crippen LogP contribution is 2.26. The quantitative estimate of drug-likeness (QED) is 0.851. The maximum Gasteiger partial charge on any atom is 0.259 e. The van der Waals surface area contributed by atoms with Gasteiger partial charge in [0, 0.05) is 12.2 Å². The molecular weight excluding hydrogens is 320 g/mol. The number of morpholine rings is 1. The van der Waals surface area contributed by atoms with E-state index in [1.165, 1.54) is 0 Å². The van der Waals surface area contributed by atoms with Crippen LogP contribution in [0.2, 0.25) is 0 Å². The summed E-state index contributed by atoms with van der Waals surface area (Å²) < 4.78 is 11.1. The summed E-state index contributed by atoms with van der Waals surface area (Å²) >= 11 is 0. The Morgan fingerprint density at radius 3 is 2.72 bits per heavy atom. The second-order valence-electron chi connectivity index (χ2n) is 6.75. The van der Waals surface area contributed by atoms with Gasteiger partial charge in [-0.25, -0.2) is 9.97 Å². The predicted octanol–water partition coefficient (Wildman–Crippen LogP) is 2.73. The summed E-state index contributed by atoms with van der Waals surface area (Å²) in [6.45, 7) is 11.0. The van der Waals surface area contributed by atoms with E-state index in [0.29, 0.717) is 42.5 Å². The first-order valence-corrected chi connectivity index (χ1v) is 8.56. The van der Waals surface area contributed by atoms with E-state index in [-0.39, 0.29) is 17.9 Å². The van der Waals surface area contributed by atoms with E-state index >= 15 is 0 Å². The average molecular weight is 344 g/mol. The molecule has 7 nitrogen and oxygen atoms in total. The molecule has 2 aromatic rings. The third kappa shape index (κ3) is 3.56. The first-order valence-electron chi connectivity index (χ1n) is 8.56. The molecule has 134 valence electrons. The monoisotopic (exact) mass is 344 g/mol. The van der Waals surface area contributed by atoms with E-state index in [1.54, 1.807) is 11.8 Å². The molecule has 0 bridgehead atoms. The lowest BCUT2D eigenvalue weighted by molar-refractivity contribution is -0.0249. The van der Waals surface area contributed by atoms with Gasteiger partial charge >= 0.3 is 0 Å². The molecular formula is C18H24N4O3. The zero-order valence-electron chi connectivity index (χ0n) is 15.4. The number of rotatable bonds is 3. The number of amides is 1. The lowest BCUT2D eigenvalue weighted by Gasteiger charge is -2.33. The average Bonchev–Trinajstić information content (AvgIpc) is 2.95. The summed E-state index contributed by atoms with van der Waals surface area (Å²) in [4.78, 5) is 23.6. The third-order valence-electron chi connectivity index (χ3n) is 4.32. The second kappa shape index (κ2) is 6.92. The summed E-state index contributed by atoms with van der Waals surface area (Å²) in [6, 6.07) is 1.91. The molecule has 0 aliphatic carbocycles. The lowest BCUT2D eigenvalue weighted by Crippen LogP contribution is -2.43. The van der Waals surface area contributed by atoms with Gasteiger partial charge in [-0.05, 0) is 32.8 Å². The molecule has 0 spiro atoms. The molecule has 0 aromatic carbocycles. The van der Waals surface area contributed by atoms with Crippen LogP contribution in [0.15, 0.2) is 10.6 Å². The third-order valence-corrected chi connectivity index (χ3v) is 4.32. The normalized spacial score (nSPS) is 18.0. The van der Waals surface area contributed by atoms with Crippen molar-refractivity contribution in [2.24, 2.45) is 0 Å². The van der Waals surface area contributed by atoms with Gasteiger partial charge in [0.2, 0.25) is 0 Å². The zero-order valence-corrected chi connectivity index (χ0v) is 15.4. The molecule has 0 N–H and O–H groups in total. The van der Waals surface area contributed by atoms with Gasteiger partial charge in [0.05, 0.1) is 24.5 Å². The van der Waals surface area contributed by atoms with Gasteiger partial charge in [0.1, 0.15) is 23.3 Å². The van der Waals surface area contributed by atoms with Crippen LogP contribution in [0, 0.1) is 20.8 Å². The van der Waals surface area contributed by atoms with E-state index in [0.717, 1.165) is 11.4 Å². The Kier molecular flexibility index (Phi) is 4.85. The molecule has 1 aliphatic rings. The van der Waals surface area contributed by atoms with Gasteiger partial charge in [-0.2, -0.15) is 0 Å². The first-order chi connectivity index (χ1) is 11.9. The molecule has 3 rings (SSSR count). The lowest BCUT2D eigenvalue weighted by atomic mass is 10.0. The Hall–Kier alpha value is -2.28. The van der Waals surface area contributed by atoms with E-state index in [9.17, 15) is 4.79 Å². The number of ether oxygens (including phenoxy) is 1. The smallest absolute Gasteiger partial charge is 0.259 e. The molecule has 1 aliphatic heterocycles. The molecule has 3 heterocycles. The van der Waals surface area contributed by atoms with E-state index in [1.807, 2.05) is 33.8 Å². The Balaban J connectivity index is 1.84. The van der Waals surface area contributed by atoms with Crippen LogP contribution in [0.5, 0.6) is 0 Å². The Labute approximate surface area is 147 Å². The maximum absolute atomic E-state index is 13.1. The Morgan fingerprint density at radius 2 is 2.04 bits per heavy atom. The molecule has 1 atom stereocenters. The fourth-order valence-corrected chi connectivity index (χ4v) is 3.12. The minimum atomic E-state index is -0.249. The van der Waals surface area contributed by atoms with Gasteiger partial charge in [0.15, 0.2) is 0 Å². The highest BCUT2D eigenvalue weighted by Gasteiger charge is 2.31. The van der Waals surface area contributed by atoms with Crippen molar-refractivity contribution < 1.29 is 14.1 Å². The van der Waals surface area contributed by atoms with E-state index in [4.69, 9.17) is 9.26 Å². The molecule has 1 fully saturated rings. The van der Waals surface area contributed by atoms with Crippen LogP contribution in [0.25, 0.3) is 0 Å². The van der Waals surface area contributed by atoms with Crippen LogP contribution < -0.4 is 0 Å². The van der Waals surface area contributed by atoms with Crippen LogP contribution >= 0.6 is 0 Å². The highest BCUT2D eigenvalue weighted by molar-refractivity contribution is 5.96. The van der Waals surface area contributed by atoms with Crippen molar-refractivity contribution in [1.29, 1.82) is 0 Å². The van der Waals surface area contributed by atoms with Crippen LogP contribution in [0.4, 0.5) is 0 Å². The van der Waals surface area contributed by atoms with Crippen molar-refractivity contribution in [2.45, 2.75) is 46.6 Å².